The topological polar surface area (TPSA) is 237 Å². The van der Waals surface area contributed by atoms with Crippen LogP contribution in [0.4, 0.5) is 0 Å². The van der Waals surface area contributed by atoms with Crippen molar-refractivity contribution in [3.05, 3.63) is 0 Å². The van der Waals surface area contributed by atoms with Gasteiger partial charge in [0.25, 0.3) is 0 Å². The van der Waals surface area contributed by atoms with E-state index in [4.69, 9.17) is 17.2 Å². The molecule has 4 atom stereocenters. The number of hydrogen-bond donors (Lipinski definition) is 7. The Kier molecular flexibility index (Phi) is 14.5. The van der Waals surface area contributed by atoms with Gasteiger partial charge in [-0.15, -0.1) is 0 Å². The Labute approximate surface area is 202 Å². The molecule has 0 saturated heterocycles. The van der Waals surface area contributed by atoms with Gasteiger partial charge in [-0.1, -0.05) is 13.8 Å². The largest absolute Gasteiger partial charge is 0.480 e. The van der Waals surface area contributed by atoms with Crippen molar-refractivity contribution < 1.29 is 33.9 Å². The van der Waals surface area contributed by atoms with Crippen molar-refractivity contribution in [2.24, 2.45) is 23.1 Å². The molecule has 0 radical (unpaired) electrons. The van der Waals surface area contributed by atoms with E-state index in [0.29, 0.717) is 5.75 Å². The van der Waals surface area contributed by atoms with Crippen LogP contribution in [0.15, 0.2) is 0 Å². The first-order chi connectivity index (χ1) is 15.8. The van der Waals surface area contributed by atoms with Crippen molar-refractivity contribution in [1.29, 1.82) is 0 Å². The molecular weight excluding hydrogens is 468 g/mol. The summed E-state index contributed by atoms with van der Waals surface area (Å²) in [5, 5.41) is 16.5. The standard InChI is InChI=1S/C20H36N6O7S/c1-10(2)8-13(25-17(29)11(21)4-5-15(22)27)18(30)26-14(9-16(23)28)19(31)24-12(20(32)33)6-7-34-3/h10-14H,4-9,21H2,1-3H3,(H2,22,27)(H2,23,28)(H,24,31)(H,25,29)(H,26,30)(H,32,33). The van der Waals surface area contributed by atoms with E-state index in [9.17, 15) is 33.9 Å². The first-order valence-corrected chi connectivity index (χ1v) is 12.1. The van der Waals surface area contributed by atoms with Gasteiger partial charge in [-0.05, 0) is 37.2 Å². The average molecular weight is 505 g/mol. The summed E-state index contributed by atoms with van der Waals surface area (Å²) in [4.78, 5) is 71.8. The van der Waals surface area contributed by atoms with Crippen molar-refractivity contribution in [1.82, 2.24) is 16.0 Å². The van der Waals surface area contributed by atoms with Crippen LogP contribution in [0, 0.1) is 5.92 Å². The van der Waals surface area contributed by atoms with Crippen LogP contribution in [-0.2, 0) is 28.8 Å². The zero-order valence-electron chi connectivity index (χ0n) is 19.7. The Morgan fingerprint density at radius 2 is 1.35 bits per heavy atom. The van der Waals surface area contributed by atoms with Gasteiger partial charge in [-0.25, -0.2) is 4.79 Å². The lowest BCUT2D eigenvalue weighted by Crippen LogP contribution is -2.58. The van der Waals surface area contributed by atoms with Gasteiger partial charge in [0.05, 0.1) is 12.5 Å². The highest BCUT2D eigenvalue weighted by Gasteiger charge is 2.31. The van der Waals surface area contributed by atoms with E-state index >= 15 is 0 Å². The summed E-state index contributed by atoms with van der Waals surface area (Å²) in [5.41, 5.74) is 16.0. The summed E-state index contributed by atoms with van der Waals surface area (Å²) in [5.74, 6) is -4.74. The van der Waals surface area contributed by atoms with E-state index in [1.165, 1.54) is 11.8 Å². The molecule has 0 rings (SSSR count). The van der Waals surface area contributed by atoms with Crippen LogP contribution in [0.3, 0.4) is 0 Å². The summed E-state index contributed by atoms with van der Waals surface area (Å²) < 4.78 is 0. The zero-order valence-corrected chi connectivity index (χ0v) is 20.5. The number of primary amides is 2. The molecule has 0 aromatic heterocycles. The normalized spacial score (nSPS) is 14.4. The van der Waals surface area contributed by atoms with E-state index in [2.05, 4.69) is 16.0 Å². The van der Waals surface area contributed by atoms with Gasteiger partial charge in [0.1, 0.15) is 18.1 Å². The van der Waals surface area contributed by atoms with Crippen molar-refractivity contribution in [3.8, 4) is 0 Å². The first kappa shape index (κ1) is 31.1. The molecule has 0 aromatic carbocycles. The van der Waals surface area contributed by atoms with Crippen LogP contribution in [0.25, 0.3) is 0 Å². The summed E-state index contributed by atoms with van der Waals surface area (Å²) in [6.07, 6.45) is 1.38. The van der Waals surface area contributed by atoms with Crippen LogP contribution in [0.1, 0.15) is 46.0 Å². The number of nitrogens with one attached hydrogen (secondary N) is 3. The van der Waals surface area contributed by atoms with E-state index in [-0.39, 0.29) is 31.6 Å². The number of aliphatic carboxylic acids is 1. The quantitative estimate of drug-likeness (QED) is 0.113. The maximum Gasteiger partial charge on any atom is 0.326 e. The van der Waals surface area contributed by atoms with E-state index in [1.54, 1.807) is 20.1 Å². The minimum Gasteiger partial charge on any atom is -0.480 e. The minimum atomic E-state index is -1.45. The van der Waals surface area contributed by atoms with Gasteiger partial charge in [0, 0.05) is 6.42 Å². The van der Waals surface area contributed by atoms with Gasteiger partial charge >= 0.3 is 5.97 Å². The molecule has 34 heavy (non-hydrogen) atoms. The lowest BCUT2D eigenvalue weighted by molar-refractivity contribution is -0.142. The van der Waals surface area contributed by atoms with Crippen LogP contribution in [-0.4, -0.2) is 76.8 Å². The van der Waals surface area contributed by atoms with Gasteiger partial charge in [-0.2, -0.15) is 11.8 Å². The maximum absolute atomic E-state index is 12.9. The van der Waals surface area contributed by atoms with Crippen molar-refractivity contribution in [3.63, 3.8) is 0 Å². The summed E-state index contributed by atoms with van der Waals surface area (Å²) in [6, 6.07) is -4.87. The van der Waals surface area contributed by atoms with Crippen molar-refractivity contribution >= 4 is 47.3 Å². The Morgan fingerprint density at radius 3 is 1.82 bits per heavy atom. The minimum absolute atomic E-state index is 0.0173. The fourth-order valence-electron chi connectivity index (χ4n) is 2.86. The molecule has 10 N–H and O–H groups in total. The highest BCUT2D eigenvalue weighted by Crippen LogP contribution is 2.08. The Hall–Kier alpha value is -2.87. The molecule has 0 heterocycles. The zero-order chi connectivity index (χ0) is 26.4. The lowest BCUT2D eigenvalue weighted by Gasteiger charge is -2.25. The van der Waals surface area contributed by atoms with Gasteiger partial charge < -0.3 is 38.3 Å². The molecule has 0 saturated carbocycles. The molecule has 0 aliphatic rings. The SMILES string of the molecule is CSCCC(NC(=O)C(CC(N)=O)NC(=O)C(CC(C)C)NC(=O)C(N)CCC(N)=O)C(=O)O. The second kappa shape index (κ2) is 15.9. The number of carbonyl (C=O) groups is 6. The first-order valence-electron chi connectivity index (χ1n) is 10.7. The maximum atomic E-state index is 12.9. The number of amides is 5. The summed E-state index contributed by atoms with van der Waals surface area (Å²) >= 11 is 1.39. The molecule has 0 fully saturated rings. The molecule has 194 valence electrons. The predicted octanol–water partition coefficient (Wildman–Crippen LogP) is -2.21. The van der Waals surface area contributed by atoms with E-state index in [1.807, 2.05) is 0 Å². The van der Waals surface area contributed by atoms with Gasteiger partial charge in [0.2, 0.25) is 29.5 Å². The van der Waals surface area contributed by atoms with Crippen molar-refractivity contribution in [2.45, 2.75) is 70.1 Å². The van der Waals surface area contributed by atoms with Gasteiger partial charge in [-0.3, -0.25) is 24.0 Å². The molecule has 14 heteroatoms. The Balaban J connectivity index is 5.46. The number of carboxylic acids is 1. The Bertz CT molecular complexity index is 749. The van der Waals surface area contributed by atoms with Crippen LogP contribution in [0.5, 0.6) is 0 Å². The highest BCUT2D eigenvalue weighted by molar-refractivity contribution is 7.98. The summed E-state index contributed by atoms with van der Waals surface area (Å²) in [7, 11) is 0. The van der Waals surface area contributed by atoms with E-state index < -0.39 is 66.1 Å². The molecule has 4 unspecified atom stereocenters. The fourth-order valence-corrected chi connectivity index (χ4v) is 3.33. The van der Waals surface area contributed by atoms with Crippen LogP contribution in [0.2, 0.25) is 0 Å². The molecule has 0 aliphatic heterocycles. The van der Waals surface area contributed by atoms with E-state index in [0.717, 1.165) is 0 Å². The lowest BCUT2D eigenvalue weighted by atomic mass is 10.0. The summed E-state index contributed by atoms with van der Waals surface area (Å²) in [6.45, 7) is 3.60. The fraction of sp³-hybridized carbons (Fsp3) is 0.700. The van der Waals surface area contributed by atoms with Gasteiger partial charge in [0.15, 0.2) is 0 Å². The average Bonchev–Trinajstić information content (AvgIpc) is 2.72. The number of hydrogen-bond acceptors (Lipinski definition) is 8. The second-order valence-corrected chi connectivity index (χ2v) is 9.20. The van der Waals surface area contributed by atoms with Crippen molar-refractivity contribution in [2.75, 3.05) is 12.0 Å². The molecule has 0 aliphatic carbocycles. The predicted molar refractivity (Wildman–Crippen MR) is 126 cm³/mol. The number of carboxylic acid groups (broad SMARTS) is 1. The van der Waals surface area contributed by atoms with Crippen LogP contribution < -0.4 is 33.2 Å². The number of thioether (sulfide) groups is 1. The highest BCUT2D eigenvalue weighted by atomic mass is 32.2. The third kappa shape index (κ3) is 13.0. The third-order valence-corrected chi connectivity index (χ3v) is 5.29. The molecule has 0 aromatic rings. The molecule has 0 bridgehead atoms. The number of rotatable bonds is 17. The second-order valence-electron chi connectivity index (χ2n) is 8.21. The molecule has 5 amide bonds. The monoisotopic (exact) mass is 504 g/mol. The van der Waals surface area contributed by atoms with Crippen LogP contribution >= 0.6 is 11.8 Å². The third-order valence-electron chi connectivity index (χ3n) is 4.64. The molecular formula is C20H36N6O7S. The number of carbonyl (C=O) groups excluding carboxylic acids is 5. The smallest absolute Gasteiger partial charge is 0.326 e. The Morgan fingerprint density at radius 1 is 0.824 bits per heavy atom. The molecule has 13 nitrogen and oxygen atoms in total. The molecule has 0 spiro atoms. The number of nitrogens with two attached hydrogens (primary N) is 3.